The Labute approximate surface area is 116 Å². The summed E-state index contributed by atoms with van der Waals surface area (Å²) in [5.74, 6) is 0.852. The average molecular weight is 278 g/mol. The van der Waals surface area contributed by atoms with Crippen molar-refractivity contribution < 1.29 is 8.42 Å². The van der Waals surface area contributed by atoms with Gasteiger partial charge in [0.1, 0.15) is 0 Å². The SMILES string of the molecule is CC(=CCC1CCCC1)c1ccc(S(C)(=O)=O)cc1. The first-order chi connectivity index (χ1) is 8.97. The van der Waals surface area contributed by atoms with Gasteiger partial charge in [0.15, 0.2) is 9.84 Å². The highest BCUT2D eigenvalue weighted by molar-refractivity contribution is 7.90. The Kier molecular flexibility index (Phi) is 4.46. The van der Waals surface area contributed by atoms with E-state index in [0.717, 1.165) is 17.9 Å². The maximum atomic E-state index is 11.4. The fraction of sp³-hybridized carbons (Fsp3) is 0.500. The van der Waals surface area contributed by atoms with Crippen LogP contribution in [0.3, 0.4) is 0 Å². The van der Waals surface area contributed by atoms with Crippen LogP contribution < -0.4 is 0 Å². The Bertz CT molecular complexity index is 547. The molecule has 0 bridgehead atoms. The summed E-state index contributed by atoms with van der Waals surface area (Å²) in [6.07, 6.45) is 10.2. The molecular formula is C16H22O2S. The number of sulfone groups is 1. The lowest BCUT2D eigenvalue weighted by Gasteiger charge is -2.07. The van der Waals surface area contributed by atoms with Crippen molar-refractivity contribution in [2.45, 2.75) is 43.9 Å². The lowest BCUT2D eigenvalue weighted by molar-refractivity contribution is 0.558. The maximum absolute atomic E-state index is 11.4. The van der Waals surface area contributed by atoms with Gasteiger partial charge in [0.2, 0.25) is 0 Å². The van der Waals surface area contributed by atoms with Crippen LogP contribution in [0.5, 0.6) is 0 Å². The molecule has 1 aliphatic carbocycles. The van der Waals surface area contributed by atoms with Crippen LogP contribution in [0.1, 0.15) is 44.6 Å². The molecule has 0 aromatic heterocycles. The van der Waals surface area contributed by atoms with E-state index in [0.29, 0.717) is 4.90 Å². The van der Waals surface area contributed by atoms with Crippen LogP contribution in [0, 0.1) is 5.92 Å². The summed E-state index contributed by atoms with van der Waals surface area (Å²) in [4.78, 5) is 0.389. The lowest BCUT2D eigenvalue weighted by Crippen LogP contribution is -1.96. The van der Waals surface area contributed by atoms with Crippen molar-refractivity contribution in [2.24, 2.45) is 5.92 Å². The van der Waals surface area contributed by atoms with E-state index in [1.165, 1.54) is 37.5 Å². The summed E-state index contributed by atoms with van der Waals surface area (Å²) >= 11 is 0. The second-order valence-corrected chi connectivity index (χ2v) is 7.59. The van der Waals surface area contributed by atoms with Gasteiger partial charge in [-0.3, -0.25) is 0 Å². The third-order valence-electron chi connectivity index (χ3n) is 3.97. The molecule has 0 N–H and O–H groups in total. The molecule has 0 aliphatic heterocycles. The van der Waals surface area contributed by atoms with Gasteiger partial charge in [-0.2, -0.15) is 0 Å². The Balaban J connectivity index is 2.06. The molecule has 1 saturated carbocycles. The Morgan fingerprint density at radius 3 is 2.32 bits per heavy atom. The minimum absolute atomic E-state index is 0.389. The van der Waals surface area contributed by atoms with E-state index < -0.39 is 9.84 Å². The second-order valence-electron chi connectivity index (χ2n) is 5.57. The largest absolute Gasteiger partial charge is 0.224 e. The third kappa shape index (κ3) is 3.93. The molecule has 1 aromatic carbocycles. The van der Waals surface area contributed by atoms with Crippen LogP contribution in [0.25, 0.3) is 5.57 Å². The molecule has 1 aromatic rings. The summed E-state index contributed by atoms with van der Waals surface area (Å²) in [6, 6.07) is 7.18. The first-order valence-electron chi connectivity index (χ1n) is 6.94. The van der Waals surface area contributed by atoms with E-state index in [9.17, 15) is 8.42 Å². The highest BCUT2D eigenvalue weighted by atomic mass is 32.2. The normalized spacial score (nSPS) is 17.9. The number of hydrogen-bond acceptors (Lipinski definition) is 2. The molecule has 0 spiro atoms. The van der Waals surface area contributed by atoms with Gasteiger partial charge in [-0.25, -0.2) is 8.42 Å². The zero-order valence-electron chi connectivity index (χ0n) is 11.7. The Morgan fingerprint density at radius 1 is 1.21 bits per heavy atom. The van der Waals surface area contributed by atoms with Crippen LogP contribution in [-0.2, 0) is 9.84 Å². The smallest absolute Gasteiger partial charge is 0.175 e. The Morgan fingerprint density at radius 2 is 1.79 bits per heavy atom. The predicted molar refractivity (Wildman–Crippen MR) is 79.8 cm³/mol. The average Bonchev–Trinajstić information content (AvgIpc) is 2.88. The zero-order valence-corrected chi connectivity index (χ0v) is 12.5. The van der Waals surface area contributed by atoms with Gasteiger partial charge in [0.25, 0.3) is 0 Å². The minimum Gasteiger partial charge on any atom is -0.224 e. The fourth-order valence-electron chi connectivity index (χ4n) is 2.67. The Hall–Kier alpha value is -1.09. The van der Waals surface area contributed by atoms with Gasteiger partial charge in [-0.15, -0.1) is 0 Å². The minimum atomic E-state index is -3.09. The van der Waals surface area contributed by atoms with E-state index in [4.69, 9.17) is 0 Å². The number of benzene rings is 1. The molecule has 0 saturated heterocycles. The van der Waals surface area contributed by atoms with Gasteiger partial charge in [0.05, 0.1) is 4.90 Å². The molecule has 3 heteroatoms. The van der Waals surface area contributed by atoms with Gasteiger partial charge < -0.3 is 0 Å². The molecule has 0 unspecified atom stereocenters. The molecule has 2 nitrogen and oxygen atoms in total. The summed E-state index contributed by atoms with van der Waals surface area (Å²) < 4.78 is 22.8. The van der Waals surface area contributed by atoms with Crippen LogP contribution in [0.2, 0.25) is 0 Å². The van der Waals surface area contributed by atoms with Crippen LogP contribution >= 0.6 is 0 Å². The number of hydrogen-bond donors (Lipinski definition) is 0. The van der Waals surface area contributed by atoms with Crippen molar-refractivity contribution in [1.29, 1.82) is 0 Å². The molecule has 0 atom stereocenters. The monoisotopic (exact) mass is 278 g/mol. The third-order valence-corrected chi connectivity index (χ3v) is 5.10. The van der Waals surface area contributed by atoms with Gasteiger partial charge >= 0.3 is 0 Å². The topological polar surface area (TPSA) is 34.1 Å². The van der Waals surface area contributed by atoms with Crippen molar-refractivity contribution in [3.63, 3.8) is 0 Å². The molecule has 104 valence electrons. The van der Waals surface area contributed by atoms with Crippen LogP contribution in [0.4, 0.5) is 0 Å². The van der Waals surface area contributed by atoms with Crippen molar-refractivity contribution in [3.8, 4) is 0 Å². The van der Waals surface area contributed by atoms with E-state index in [1.807, 2.05) is 12.1 Å². The van der Waals surface area contributed by atoms with E-state index in [2.05, 4.69) is 13.0 Å². The van der Waals surface area contributed by atoms with Crippen molar-refractivity contribution in [3.05, 3.63) is 35.9 Å². The molecular weight excluding hydrogens is 256 g/mol. The summed E-state index contributed by atoms with van der Waals surface area (Å²) in [6.45, 7) is 2.10. The van der Waals surface area contributed by atoms with Gasteiger partial charge in [-0.1, -0.05) is 43.9 Å². The van der Waals surface area contributed by atoms with E-state index in [-0.39, 0.29) is 0 Å². The quantitative estimate of drug-likeness (QED) is 0.832. The zero-order chi connectivity index (χ0) is 13.9. The molecule has 1 fully saturated rings. The fourth-order valence-corrected chi connectivity index (χ4v) is 3.30. The van der Waals surface area contributed by atoms with Crippen molar-refractivity contribution >= 4 is 15.4 Å². The predicted octanol–water partition coefficient (Wildman–Crippen LogP) is 4.07. The first kappa shape index (κ1) is 14.3. The van der Waals surface area contributed by atoms with Crippen molar-refractivity contribution in [1.82, 2.24) is 0 Å². The lowest BCUT2D eigenvalue weighted by atomic mass is 10.00. The van der Waals surface area contributed by atoms with Crippen molar-refractivity contribution in [2.75, 3.05) is 6.26 Å². The summed E-state index contributed by atoms with van der Waals surface area (Å²) in [7, 11) is -3.09. The highest BCUT2D eigenvalue weighted by Crippen LogP contribution is 2.29. The van der Waals surface area contributed by atoms with E-state index >= 15 is 0 Å². The molecule has 19 heavy (non-hydrogen) atoms. The molecule has 0 radical (unpaired) electrons. The molecule has 1 aliphatic rings. The number of rotatable bonds is 4. The number of allylic oxidation sites excluding steroid dienone is 2. The van der Waals surface area contributed by atoms with Crippen LogP contribution in [0.15, 0.2) is 35.2 Å². The summed E-state index contributed by atoms with van der Waals surface area (Å²) in [5.41, 5.74) is 2.36. The molecule has 0 heterocycles. The molecule has 2 rings (SSSR count). The van der Waals surface area contributed by atoms with Gasteiger partial charge in [0, 0.05) is 6.26 Å². The molecule has 0 amide bonds. The second kappa shape index (κ2) is 5.91. The highest BCUT2D eigenvalue weighted by Gasteiger charge is 2.13. The maximum Gasteiger partial charge on any atom is 0.175 e. The first-order valence-corrected chi connectivity index (χ1v) is 8.83. The van der Waals surface area contributed by atoms with Crippen LogP contribution in [-0.4, -0.2) is 14.7 Å². The van der Waals surface area contributed by atoms with Gasteiger partial charge in [-0.05, 0) is 42.5 Å². The standard InChI is InChI=1S/C16H22O2S/c1-13(7-8-14-5-3-4-6-14)15-9-11-16(12-10-15)19(2,17)18/h7,9-12,14H,3-6,8H2,1-2H3. The van der Waals surface area contributed by atoms with E-state index in [1.54, 1.807) is 12.1 Å². The summed E-state index contributed by atoms with van der Waals surface area (Å²) in [5, 5.41) is 0.